The molecule has 2 unspecified atom stereocenters. The van der Waals surface area contributed by atoms with E-state index in [1.54, 1.807) is 0 Å². The number of carbonyl (C=O) groups is 1. The van der Waals surface area contributed by atoms with E-state index < -0.39 is 27.2 Å². The van der Waals surface area contributed by atoms with Crippen molar-refractivity contribution in [1.82, 2.24) is 9.21 Å². The Kier molecular flexibility index (Phi) is 4.66. The van der Waals surface area contributed by atoms with E-state index in [1.165, 1.54) is 4.31 Å². The van der Waals surface area contributed by atoms with Crippen LogP contribution in [0, 0.1) is 5.92 Å². The normalized spacial score (nSPS) is 29.7. The summed E-state index contributed by atoms with van der Waals surface area (Å²) in [6, 6.07) is 0. The minimum absolute atomic E-state index is 0.0345. The average molecular weight is 318 g/mol. The fraction of sp³-hybridized carbons (Fsp3) is 0.929. The molecule has 7 heteroatoms. The molecule has 2 aliphatic rings. The van der Waals surface area contributed by atoms with Crippen molar-refractivity contribution in [3.8, 4) is 0 Å². The van der Waals surface area contributed by atoms with E-state index in [1.807, 2.05) is 0 Å². The zero-order valence-corrected chi connectivity index (χ0v) is 13.9. The van der Waals surface area contributed by atoms with Crippen LogP contribution >= 0.6 is 0 Å². The summed E-state index contributed by atoms with van der Waals surface area (Å²) in [5.41, 5.74) is 0.0345. The van der Waals surface area contributed by atoms with E-state index in [2.05, 4.69) is 25.7 Å². The van der Waals surface area contributed by atoms with Crippen LogP contribution in [0.1, 0.15) is 40.0 Å². The van der Waals surface area contributed by atoms with Gasteiger partial charge in [0, 0.05) is 31.7 Å². The number of nitrogens with zero attached hydrogens (tertiary/aromatic N) is 2. The molecule has 1 N–H and O–H groups in total. The lowest BCUT2D eigenvalue weighted by molar-refractivity contribution is -0.141. The number of hydrogen-bond acceptors (Lipinski definition) is 4. The number of piperazine rings is 1. The molecule has 122 valence electrons. The highest BCUT2D eigenvalue weighted by Crippen LogP contribution is 2.33. The molecule has 0 aromatic heterocycles. The Balaban J connectivity index is 2.07. The molecule has 1 saturated carbocycles. The summed E-state index contributed by atoms with van der Waals surface area (Å²) in [7, 11) is -3.50. The SMILES string of the molecule is CC(C)(C)N1CCN(S(=O)(=O)C2CCCC2C(=O)O)CC1. The monoisotopic (exact) mass is 318 g/mol. The first kappa shape index (κ1) is 16.7. The van der Waals surface area contributed by atoms with Crippen LogP contribution in [0.15, 0.2) is 0 Å². The minimum atomic E-state index is -3.50. The number of aliphatic carboxylic acids is 1. The lowest BCUT2D eigenvalue weighted by Gasteiger charge is -2.42. The van der Waals surface area contributed by atoms with Crippen LogP contribution in [-0.4, -0.2) is 65.7 Å². The zero-order chi connectivity index (χ0) is 15.8. The molecule has 0 bridgehead atoms. The highest BCUT2D eigenvalue weighted by molar-refractivity contribution is 7.89. The molecule has 0 aromatic rings. The van der Waals surface area contributed by atoms with Gasteiger partial charge in [-0.2, -0.15) is 4.31 Å². The van der Waals surface area contributed by atoms with Crippen molar-refractivity contribution in [2.45, 2.75) is 50.8 Å². The van der Waals surface area contributed by atoms with Gasteiger partial charge in [-0.15, -0.1) is 0 Å². The molecule has 0 aromatic carbocycles. The number of carboxylic acid groups (broad SMARTS) is 1. The fourth-order valence-electron chi connectivity index (χ4n) is 3.37. The summed E-state index contributed by atoms with van der Waals surface area (Å²) in [4.78, 5) is 13.5. The summed E-state index contributed by atoms with van der Waals surface area (Å²) in [5, 5.41) is 8.46. The Labute approximate surface area is 127 Å². The van der Waals surface area contributed by atoms with Gasteiger partial charge in [0.2, 0.25) is 10.0 Å². The largest absolute Gasteiger partial charge is 0.481 e. The number of hydrogen-bond donors (Lipinski definition) is 1. The smallest absolute Gasteiger partial charge is 0.307 e. The van der Waals surface area contributed by atoms with Gasteiger partial charge >= 0.3 is 5.97 Å². The predicted molar refractivity (Wildman–Crippen MR) is 80.6 cm³/mol. The molecule has 21 heavy (non-hydrogen) atoms. The third-order valence-corrected chi connectivity index (χ3v) is 7.11. The lowest BCUT2D eigenvalue weighted by Crippen LogP contribution is -2.56. The van der Waals surface area contributed by atoms with E-state index in [-0.39, 0.29) is 5.54 Å². The molecular formula is C14H26N2O4S. The van der Waals surface area contributed by atoms with E-state index in [9.17, 15) is 18.3 Å². The van der Waals surface area contributed by atoms with Crippen molar-refractivity contribution in [1.29, 1.82) is 0 Å². The van der Waals surface area contributed by atoms with Gasteiger partial charge < -0.3 is 5.11 Å². The Hall–Kier alpha value is -0.660. The van der Waals surface area contributed by atoms with Gasteiger partial charge in [-0.1, -0.05) is 6.42 Å². The lowest BCUT2D eigenvalue weighted by atomic mass is 10.1. The summed E-state index contributed by atoms with van der Waals surface area (Å²) >= 11 is 0. The van der Waals surface area contributed by atoms with Crippen molar-refractivity contribution < 1.29 is 18.3 Å². The summed E-state index contributed by atoms with van der Waals surface area (Å²) in [5.74, 6) is -1.72. The molecule has 2 atom stereocenters. The standard InChI is InChI=1S/C14H26N2O4S/c1-14(2,3)15-7-9-16(10-8-15)21(19,20)12-6-4-5-11(12)13(17)18/h11-12H,4-10H2,1-3H3,(H,17,18). The second-order valence-electron chi connectivity index (χ2n) is 7.02. The Morgan fingerprint density at radius 1 is 1.10 bits per heavy atom. The van der Waals surface area contributed by atoms with Crippen molar-refractivity contribution in [3.63, 3.8) is 0 Å². The van der Waals surface area contributed by atoms with Crippen LogP contribution in [0.2, 0.25) is 0 Å². The number of sulfonamides is 1. The van der Waals surface area contributed by atoms with Crippen LogP contribution in [0.3, 0.4) is 0 Å². The summed E-state index contributed by atoms with van der Waals surface area (Å²) < 4.78 is 26.9. The van der Waals surface area contributed by atoms with Gasteiger partial charge in [0.05, 0.1) is 11.2 Å². The average Bonchev–Trinajstić information content (AvgIpc) is 2.88. The maximum atomic E-state index is 12.7. The molecule has 2 rings (SSSR count). The maximum Gasteiger partial charge on any atom is 0.307 e. The van der Waals surface area contributed by atoms with Crippen LogP contribution in [0.4, 0.5) is 0 Å². The van der Waals surface area contributed by atoms with E-state index in [4.69, 9.17) is 0 Å². The summed E-state index contributed by atoms with van der Waals surface area (Å²) in [6.45, 7) is 8.68. The second kappa shape index (κ2) is 5.85. The topological polar surface area (TPSA) is 77.9 Å². The highest BCUT2D eigenvalue weighted by atomic mass is 32.2. The van der Waals surface area contributed by atoms with Crippen molar-refractivity contribution in [2.24, 2.45) is 5.92 Å². The first-order chi connectivity index (χ1) is 9.64. The first-order valence-corrected chi connectivity index (χ1v) is 9.11. The predicted octanol–water partition coefficient (Wildman–Crippen LogP) is 0.986. The van der Waals surface area contributed by atoms with Crippen LogP contribution < -0.4 is 0 Å². The van der Waals surface area contributed by atoms with E-state index >= 15 is 0 Å². The molecule has 1 aliphatic heterocycles. The van der Waals surface area contributed by atoms with E-state index in [0.717, 1.165) is 0 Å². The van der Waals surface area contributed by atoms with Crippen molar-refractivity contribution >= 4 is 16.0 Å². The third kappa shape index (κ3) is 3.40. The molecule has 6 nitrogen and oxygen atoms in total. The van der Waals surface area contributed by atoms with Gasteiger partial charge in [0.25, 0.3) is 0 Å². The van der Waals surface area contributed by atoms with Gasteiger partial charge in [0.1, 0.15) is 0 Å². The molecular weight excluding hydrogens is 292 g/mol. The van der Waals surface area contributed by atoms with Crippen LogP contribution in [0.25, 0.3) is 0 Å². The highest BCUT2D eigenvalue weighted by Gasteiger charge is 2.45. The number of rotatable bonds is 3. The zero-order valence-electron chi connectivity index (χ0n) is 13.1. The number of carboxylic acids is 1. The van der Waals surface area contributed by atoms with Gasteiger partial charge in [-0.25, -0.2) is 8.42 Å². The Morgan fingerprint density at radius 2 is 1.67 bits per heavy atom. The van der Waals surface area contributed by atoms with Gasteiger partial charge in [-0.05, 0) is 33.6 Å². The first-order valence-electron chi connectivity index (χ1n) is 7.61. The molecule has 1 saturated heterocycles. The minimum Gasteiger partial charge on any atom is -0.481 e. The molecule has 0 amide bonds. The molecule has 2 fully saturated rings. The van der Waals surface area contributed by atoms with Gasteiger partial charge in [-0.3, -0.25) is 9.69 Å². The Morgan fingerprint density at radius 3 is 2.14 bits per heavy atom. The molecule has 0 spiro atoms. The van der Waals surface area contributed by atoms with Crippen molar-refractivity contribution in [2.75, 3.05) is 26.2 Å². The quantitative estimate of drug-likeness (QED) is 0.839. The van der Waals surface area contributed by atoms with E-state index in [0.29, 0.717) is 45.4 Å². The van der Waals surface area contributed by atoms with Crippen LogP contribution in [0.5, 0.6) is 0 Å². The fourth-order valence-corrected chi connectivity index (χ4v) is 5.56. The summed E-state index contributed by atoms with van der Waals surface area (Å²) in [6.07, 6.45) is 1.63. The molecule has 1 aliphatic carbocycles. The maximum absolute atomic E-state index is 12.7. The Bertz CT molecular complexity index is 490. The molecule has 0 radical (unpaired) electrons. The molecule has 1 heterocycles. The van der Waals surface area contributed by atoms with Gasteiger partial charge in [0.15, 0.2) is 0 Å². The van der Waals surface area contributed by atoms with Crippen molar-refractivity contribution in [3.05, 3.63) is 0 Å². The van der Waals surface area contributed by atoms with Crippen LogP contribution in [-0.2, 0) is 14.8 Å². The third-order valence-electron chi connectivity index (χ3n) is 4.70. The second-order valence-corrected chi connectivity index (χ2v) is 9.17.